The van der Waals surface area contributed by atoms with Crippen LogP contribution in [0, 0.1) is 34.5 Å². The van der Waals surface area contributed by atoms with E-state index in [4.69, 9.17) is 4.74 Å². The van der Waals surface area contributed by atoms with E-state index in [1.54, 1.807) is 33.8 Å². The molecule has 0 saturated heterocycles. The van der Waals surface area contributed by atoms with Crippen molar-refractivity contribution >= 4 is 17.5 Å². The van der Waals surface area contributed by atoms with Gasteiger partial charge in [-0.3, -0.25) is 14.4 Å². The van der Waals surface area contributed by atoms with Crippen molar-refractivity contribution in [1.82, 2.24) is 0 Å². The lowest BCUT2D eigenvalue weighted by molar-refractivity contribution is -0.229. The summed E-state index contributed by atoms with van der Waals surface area (Å²) < 4.78 is 23.2. The molecule has 3 fully saturated rings. The topological polar surface area (TPSA) is 101 Å². The van der Waals surface area contributed by atoms with Crippen LogP contribution in [-0.4, -0.2) is 51.7 Å². The number of halogens is 1. The number of allylic oxidation sites excluding steroid dienone is 4. The molecule has 0 spiro atoms. The molecule has 4 aliphatic rings. The number of rotatable bonds is 4. The van der Waals surface area contributed by atoms with E-state index in [1.807, 2.05) is 6.92 Å². The van der Waals surface area contributed by atoms with Crippen molar-refractivity contribution in [1.29, 1.82) is 0 Å². The van der Waals surface area contributed by atoms with Gasteiger partial charge in [-0.15, -0.1) is 0 Å². The molecule has 0 amide bonds. The zero-order valence-electron chi connectivity index (χ0n) is 20.1. The monoisotopic (exact) mass is 462 g/mol. The van der Waals surface area contributed by atoms with Crippen molar-refractivity contribution in [2.45, 2.75) is 77.7 Å². The van der Waals surface area contributed by atoms with Gasteiger partial charge in [0, 0.05) is 22.7 Å². The average molecular weight is 463 g/mol. The maximum Gasteiger partial charge on any atom is 0.309 e. The summed E-state index contributed by atoms with van der Waals surface area (Å²) in [6.07, 6.45) is 4.30. The predicted molar refractivity (Wildman–Crippen MR) is 119 cm³/mol. The number of esters is 1. The van der Waals surface area contributed by atoms with Crippen LogP contribution in [0.1, 0.15) is 60.3 Å². The number of alkyl halides is 1. The molecule has 0 heterocycles. The summed E-state index contributed by atoms with van der Waals surface area (Å²) in [7, 11) is 0. The molecule has 0 aromatic rings. The van der Waals surface area contributed by atoms with Crippen LogP contribution in [0.25, 0.3) is 0 Å². The second kappa shape index (κ2) is 7.57. The molecule has 0 bridgehead atoms. The highest BCUT2D eigenvalue weighted by atomic mass is 19.1. The summed E-state index contributed by atoms with van der Waals surface area (Å²) in [5.41, 5.74) is -5.15. The zero-order valence-corrected chi connectivity index (χ0v) is 20.1. The van der Waals surface area contributed by atoms with E-state index >= 15 is 4.39 Å². The Hall–Kier alpha value is -1.86. The van der Waals surface area contributed by atoms with E-state index in [0.29, 0.717) is 24.8 Å². The Kier molecular flexibility index (Phi) is 5.57. The summed E-state index contributed by atoms with van der Waals surface area (Å²) >= 11 is 0. The second-order valence-corrected chi connectivity index (χ2v) is 11.3. The summed E-state index contributed by atoms with van der Waals surface area (Å²) in [6.45, 7) is 7.91. The van der Waals surface area contributed by atoms with Crippen LogP contribution in [0.5, 0.6) is 0 Å². The third-order valence-corrected chi connectivity index (χ3v) is 9.47. The minimum atomic E-state index is -2.03. The number of ketones is 2. The van der Waals surface area contributed by atoms with Gasteiger partial charge in [0.15, 0.2) is 17.1 Å². The Morgan fingerprint density at radius 3 is 2.55 bits per heavy atom. The Morgan fingerprint density at radius 1 is 1.27 bits per heavy atom. The molecule has 3 saturated carbocycles. The lowest BCUT2D eigenvalue weighted by Gasteiger charge is -2.62. The van der Waals surface area contributed by atoms with Gasteiger partial charge in [-0.1, -0.05) is 39.3 Å². The number of hydrogen-bond donors (Lipinski definition) is 2. The van der Waals surface area contributed by atoms with Crippen LogP contribution in [0.2, 0.25) is 0 Å². The van der Waals surface area contributed by atoms with Crippen LogP contribution in [-0.2, 0) is 19.1 Å². The van der Waals surface area contributed by atoms with Crippen molar-refractivity contribution in [2.75, 3.05) is 6.61 Å². The highest BCUT2D eigenvalue weighted by molar-refractivity contribution is 6.01. The molecule has 182 valence electrons. The molecule has 0 aromatic carbocycles. The Balaban J connectivity index is 1.85. The Morgan fingerprint density at radius 2 is 1.94 bits per heavy atom. The molecule has 2 N–H and O–H groups in total. The van der Waals surface area contributed by atoms with Crippen molar-refractivity contribution < 1.29 is 33.7 Å². The third-order valence-electron chi connectivity index (χ3n) is 9.47. The molecule has 33 heavy (non-hydrogen) atoms. The number of fused-ring (bicyclic) bond motifs is 5. The fourth-order valence-corrected chi connectivity index (χ4v) is 7.79. The first-order valence-corrected chi connectivity index (χ1v) is 12.0. The van der Waals surface area contributed by atoms with Crippen LogP contribution in [0.4, 0.5) is 4.39 Å². The zero-order chi connectivity index (χ0) is 24.6. The van der Waals surface area contributed by atoms with Gasteiger partial charge in [-0.05, 0) is 50.7 Å². The number of hydrogen-bond acceptors (Lipinski definition) is 6. The molecule has 7 heteroatoms. The largest absolute Gasteiger partial charge is 0.450 e. The molecule has 0 aliphatic heterocycles. The first-order valence-electron chi connectivity index (χ1n) is 12.0. The van der Waals surface area contributed by atoms with Crippen LogP contribution in [0.15, 0.2) is 23.8 Å². The number of carbonyl (C=O) groups excluding carboxylic acids is 3. The van der Waals surface area contributed by atoms with Crippen molar-refractivity contribution in [3.63, 3.8) is 0 Å². The molecule has 6 nitrogen and oxygen atoms in total. The SMILES string of the molecule is CC(C)C(=O)O[C@@]1(C(=O)CO)C(C)C[C@H]2[C@@H]3CCC4=CC(=O)C=C[C@]4(C)[C@@]3(F)[C@@H](O)C[C@@]21C. The van der Waals surface area contributed by atoms with E-state index < -0.39 is 64.3 Å². The van der Waals surface area contributed by atoms with Gasteiger partial charge < -0.3 is 14.9 Å². The molecule has 0 aromatic heterocycles. The lowest BCUT2D eigenvalue weighted by atomic mass is 9.44. The first kappa shape index (κ1) is 24.3. The number of ether oxygens (including phenoxy) is 1. The number of aliphatic hydroxyl groups excluding tert-OH is 2. The minimum absolute atomic E-state index is 0.0865. The van der Waals surface area contributed by atoms with E-state index in [0.717, 1.165) is 0 Å². The van der Waals surface area contributed by atoms with Crippen molar-refractivity contribution in [3.05, 3.63) is 23.8 Å². The Labute approximate surface area is 194 Å². The molecule has 4 aliphatic carbocycles. The van der Waals surface area contributed by atoms with Crippen LogP contribution >= 0.6 is 0 Å². The number of aliphatic hydroxyl groups is 2. The maximum atomic E-state index is 17.2. The molecule has 4 rings (SSSR count). The number of carbonyl (C=O) groups is 3. The van der Waals surface area contributed by atoms with E-state index in [-0.39, 0.29) is 18.1 Å². The predicted octanol–water partition coefficient (Wildman–Crippen LogP) is 3.10. The molecular formula is C26H35FO6. The highest BCUT2D eigenvalue weighted by Crippen LogP contribution is 2.71. The van der Waals surface area contributed by atoms with Gasteiger partial charge in [-0.25, -0.2) is 4.39 Å². The lowest BCUT2D eigenvalue weighted by Crippen LogP contribution is -2.70. The average Bonchev–Trinajstić information content (AvgIpc) is 2.96. The van der Waals surface area contributed by atoms with E-state index in [1.165, 1.54) is 12.2 Å². The van der Waals surface area contributed by atoms with Gasteiger partial charge in [0.2, 0.25) is 5.78 Å². The summed E-state index contributed by atoms with van der Waals surface area (Å²) in [5.74, 6) is -3.20. The standard InChI is InChI=1S/C26H35FO6/c1-14(2)22(32)33-26(21(31)13-28)15(3)10-19-18-7-6-16-11-17(29)8-9-23(16,4)25(18,27)20(30)12-24(19,26)5/h8-9,11,14-15,18-20,28,30H,6-7,10,12-13H2,1-5H3/t15?,18-,19-,20-,23-,24-,25-,26+/m0/s1. The fourth-order valence-electron chi connectivity index (χ4n) is 7.79. The maximum absolute atomic E-state index is 17.2. The summed E-state index contributed by atoms with van der Waals surface area (Å²) in [4.78, 5) is 38.0. The third kappa shape index (κ3) is 2.87. The first-order chi connectivity index (χ1) is 15.3. The van der Waals surface area contributed by atoms with Gasteiger partial charge >= 0.3 is 5.97 Å². The van der Waals surface area contributed by atoms with E-state index in [2.05, 4.69) is 0 Å². The molecule has 8 atom stereocenters. The van der Waals surface area contributed by atoms with Gasteiger partial charge in [-0.2, -0.15) is 0 Å². The normalized spacial score (nSPS) is 46.3. The van der Waals surface area contributed by atoms with Crippen molar-refractivity contribution in [3.8, 4) is 0 Å². The van der Waals surface area contributed by atoms with Crippen LogP contribution in [0.3, 0.4) is 0 Å². The molecule has 1 unspecified atom stereocenters. The van der Waals surface area contributed by atoms with E-state index in [9.17, 15) is 24.6 Å². The van der Waals surface area contributed by atoms with Crippen LogP contribution < -0.4 is 0 Å². The highest BCUT2D eigenvalue weighted by Gasteiger charge is 2.77. The van der Waals surface area contributed by atoms with Crippen molar-refractivity contribution in [2.24, 2.45) is 34.5 Å². The number of Topliss-reactive ketones (excluding diaryl/α,β-unsaturated/α-hetero) is 1. The summed E-state index contributed by atoms with van der Waals surface area (Å²) in [6, 6.07) is 0. The summed E-state index contributed by atoms with van der Waals surface area (Å²) in [5, 5.41) is 21.3. The molecule has 0 radical (unpaired) electrons. The minimum Gasteiger partial charge on any atom is -0.450 e. The Bertz CT molecular complexity index is 954. The van der Waals surface area contributed by atoms with Gasteiger partial charge in [0.05, 0.1) is 12.0 Å². The quantitative estimate of drug-likeness (QED) is 0.623. The smallest absolute Gasteiger partial charge is 0.309 e. The van der Waals surface area contributed by atoms with Gasteiger partial charge in [0.1, 0.15) is 6.61 Å². The fraction of sp³-hybridized carbons (Fsp3) is 0.731. The molecular weight excluding hydrogens is 427 g/mol. The second-order valence-electron chi connectivity index (χ2n) is 11.3. The van der Waals surface area contributed by atoms with Gasteiger partial charge in [0.25, 0.3) is 0 Å².